The van der Waals surface area contributed by atoms with E-state index in [0.717, 1.165) is 0 Å². The van der Waals surface area contributed by atoms with Crippen LogP contribution in [-0.4, -0.2) is 10.6 Å². The van der Waals surface area contributed by atoms with Gasteiger partial charge >= 0.3 is 0 Å². The van der Waals surface area contributed by atoms with Crippen LogP contribution in [0.1, 0.15) is 12.5 Å². The van der Waals surface area contributed by atoms with Crippen molar-refractivity contribution in [3.8, 4) is 0 Å². The van der Waals surface area contributed by atoms with Crippen molar-refractivity contribution in [2.45, 2.75) is 6.92 Å². The van der Waals surface area contributed by atoms with E-state index in [-0.39, 0.29) is 5.69 Å². The summed E-state index contributed by atoms with van der Waals surface area (Å²) in [6, 6.07) is 9.24. The zero-order valence-corrected chi connectivity index (χ0v) is 13.6. The van der Waals surface area contributed by atoms with Crippen molar-refractivity contribution < 1.29 is 4.92 Å². The van der Waals surface area contributed by atoms with Crippen LogP contribution in [0.5, 0.6) is 0 Å². The number of non-ortho nitro benzene ring substituents is 1. The summed E-state index contributed by atoms with van der Waals surface area (Å²) in [6.07, 6.45) is 0. The maximum atomic E-state index is 10.8. The molecule has 0 aliphatic carbocycles. The van der Waals surface area contributed by atoms with Crippen LogP contribution < -0.4 is 5.43 Å². The number of nitro benzene ring substituents is 1. The van der Waals surface area contributed by atoms with Crippen LogP contribution in [0, 0.1) is 10.1 Å². The highest BCUT2D eigenvalue weighted by Crippen LogP contribution is 2.33. The van der Waals surface area contributed by atoms with Gasteiger partial charge in [0.05, 0.1) is 26.4 Å². The number of anilines is 1. The second-order valence-corrected chi connectivity index (χ2v) is 5.61. The van der Waals surface area contributed by atoms with E-state index in [2.05, 4.69) is 10.5 Å². The maximum absolute atomic E-state index is 10.8. The molecular formula is C14H10Cl3N3O2. The van der Waals surface area contributed by atoms with Gasteiger partial charge in [0.15, 0.2) is 0 Å². The number of hydrogen-bond donors (Lipinski definition) is 1. The van der Waals surface area contributed by atoms with E-state index < -0.39 is 4.92 Å². The van der Waals surface area contributed by atoms with Gasteiger partial charge in [0.25, 0.3) is 5.69 Å². The number of halogens is 3. The van der Waals surface area contributed by atoms with Crippen molar-refractivity contribution >= 4 is 51.9 Å². The van der Waals surface area contributed by atoms with E-state index in [9.17, 15) is 10.1 Å². The summed E-state index contributed by atoms with van der Waals surface area (Å²) in [7, 11) is 0. The fourth-order valence-electron chi connectivity index (χ4n) is 1.70. The van der Waals surface area contributed by atoms with Crippen molar-refractivity contribution in [3.05, 3.63) is 67.1 Å². The summed E-state index contributed by atoms with van der Waals surface area (Å²) in [5, 5.41) is 16.0. The Bertz CT molecular complexity index is 740. The second kappa shape index (κ2) is 6.96. The number of benzene rings is 2. The third-order valence-corrected chi connectivity index (χ3v) is 3.63. The Kier molecular flexibility index (Phi) is 5.24. The Morgan fingerprint density at radius 1 is 1.18 bits per heavy atom. The molecule has 0 saturated carbocycles. The quantitative estimate of drug-likeness (QED) is 0.452. The van der Waals surface area contributed by atoms with Gasteiger partial charge in [-0.05, 0) is 19.1 Å². The molecule has 0 saturated heterocycles. The molecule has 0 bridgehead atoms. The number of hydrazone groups is 1. The van der Waals surface area contributed by atoms with E-state index in [4.69, 9.17) is 34.8 Å². The monoisotopic (exact) mass is 357 g/mol. The van der Waals surface area contributed by atoms with Gasteiger partial charge in [0.2, 0.25) is 0 Å². The van der Waals surface area contributed by atoms with Crippen LogP contribution in [0.3, 0.4) is 0 Å². The molecule has 0 aromatic heterocycles. The molecule has 0 amide bonds. The molecule has 0 heterocycles. The fraction of sp³-hybridized carbons (Fsp3) is 0.0714. The average Bonchev–Trinajstić information content (AvgIpc) is 2.46. The van der Waals surface area contributed by atoms with Crippen LogP contribution in [0.25, 0.3) is 0 Å². The molecule has 22 heavy (non-hydrogen) atoms. The third-order valence-electron chi connectivity index (χ3n) is 2.82. The molecule has 0 unspecified atom stereocenters. The molecule has 8 heteroatoms. The van der Waals surface area contributed by atoms with Gasteiger partial charge < -0.3 is 0 Å². The smallest absolute Gasteiger partial charge is 0.270 e. The zero-order chi connectivity index (χ0) is 16.3. The fourth-order valence-corrected chi connectivity index (χ4v) is 2.60. The topological polar surface area (TPSA) is 67.5 Å². The first-order valence-electron chi connectivity index (χ1n) is 6.08. The normalized spacial score (nSPS) is 11.4. The lowest BCUT2D eigenvalue weighted by Gasteiger charge is -2.08. The Hall–Kier alpha value is -1.82. The molecule has 0 aliphatic heterocycles. The van der Waals surface area contributed by atoms with Gasteiger partial charge in [-0.2, -0.15) is 5.10 Å². The van der Waals surface area contributed by atoms with Crippen molar-refractivity contribution in [1.82, 2.24) is 0 Å². The average molecular weight is 359 g/mol. The summed E-state index contributed by atoms with van der Waals surface area (Å²) >= 11 is 17.9. The first-order valence-corrected chi connectivity index (χ1v) is 7.21. The van der Waals surface area contributed by atoms with Crippen molar-refractivity contribution in [3.63, 3.8) is 0 Å². The molecule has 0 atom stereocenters. The molecule has 114 valence electrons. The molecule has 2 rings (SSSR count). The predicted molar refractivity (Wildman–Crippen MR) is 90.4 cm³/mol. The highest BCUT2D eigenvalue weighted by molar-refractivity contribution is 6.41. The Balaban J connectivity index is 2.27. The van der Waals surface area contributed by atoms with Gasteiger partial charge in [0.1, 0.15) is 0 Å². The first-order chi connectivity index (χ1) is 10.4. The Morgan fingerprint density at radius 2 is 1.82 bits per heavy atom. The highest BCUT2D eigenvalue weighted by atomic mass is 35.5. The number of nitrogens with one attached hydrogen (secondary N) is 1. The van der Waals surface area contributed by atoms with E-state index in [1.54, 1.807) is 19.1 Å². The molecule has 0 fully saturated rings. The van der Waals surface area contributed by atoms with Gasteiger partial charge in [-0.1, -0.05) is 46.9 Å². The van der Waals surface area contributed by atoms with E-state index in [1.165, 1.54) is 24.3 Å². The lowest BCUT2D eigenvalue weighted by Crippen LogP contribution is -2.01. The molecule has 1 N–H and O–H groups in total. The van der Waals surface area contributed by atoms with Gasteiger partial charge in [0, 0.05) is 22.7 Å². The third kappa shape index (κ3) is 3.88. The molecule has 2 aromatic carbocycles. The largest absolute Gasteiger partial charge is 0.275 e. The van der Waals surface area contributed by atoms with Crippen LogP contribution >= 0.6 is 34.8 Å². The van der Waals surface area contributed by atoms with E-state index in [1.807, 2.05) is 0 Å². The molecule has 2 aromatic rings. The first kappa shape index (κ1) is 16.5. The Morgan fingerprint density at radius 3 is 2.41 bits per heavy atom. The van der Waals surface area contributed by atoms with Gasteiger partial charge in [-0.15, -0.1) is 0 Å². The summed E-state index contributed by atoms with van der Waals surface area (Å²) in [4.78, 5) is 10.3. The van der Waals surface area contributed by atoms with Crippen molar-refractivity contribution in [1.29, 1.82) is 0 Å². The molecule has 0 radical (unpaired) electrons. The van der Waals surface area contributed by atoms with E-state index >= 15 is 0 Å². The minimum atomic E-state index is -0.461. The van der Waals surface area contributed by atoms with Gasteiger partial charge in [-0.3, -0.25) is 15.5 Å². The minimum Gasteiger partial charge on any atom is -0.275 e. The minimum absolute atomic E-state index is 0.00499. The summed E-state index contributed by atoms with van der Waals surface area (Å²) < 4.78 is 0. The van der Waals surface area contributed by atoms with Crippen LogP contribution in [0.4, 0.5) is 11.4 Å². The van der Waals surface area contributed by atoms with Crippen LogP contribution in [-0.2, 0) is 0 Å². The zero-order valence-electron chi connectivity index (χ0n) is 11.3. The number of hydrogen-bond acceptors (Lipinski definition) is 4. The maximum Gasteiger partial charge on any atom is 0.270 e. The number of rotatable bonds is 4. The van der Waals surface area contributed by atoms with E-state index in [0.29, 0.717) is 32.0 Å². The summed E-state index contributed by atoms with van der Waals surface area (Å²) in [6.45, 7) is 1.71. The number of nitro groups is 1. The highest BCUT2D eigenvalue weighted by Gasteiger charge is 2.09. The molecule has 0 aliphatic rings. The molecule has 5 nitrogen and oxygen atoms in total. The van der Waals surface area contributed by atoms with Crippen molar-refractivity contribution in [2.24, 2.45) is 5.10 Å². The number of nitrogens with zero attached hydrogens (tertiary/aromatic N) is 2. The summed E-state index contributed by atoms with van der Waals surface area (Å²) in [5.41, 5.74) is 4.32. The molecule has 0 spiro atoms. The Labute approximate surface area is 141 Å². The predicted octanol–water partition coefficient (Wildman–Crippen LogP) is 5.39. The van der Waals surface area contributed by atoms with Gasteiger partial charge in [-0.25, -0.2) is 0 Å². The SMILES string of the molecule is C/C(=N/Nc1c(Cl)cc(Cl)cc1Cl)c1cccc([N+](=O)[O-])c1. The second-order valence-electron chi connectivity index (χ2n) is 4.36. The standard InChI is InChI=1S/C14H10Cl3N3O2/c1-8(9-3-2-4-11(5-9)20(21)22)18-19-14-12(16)6-10(15)7-13(14)17/h2-7,19H,1H3/b18-8-. The van der Waals surface area contributed by atoms with Crippen molar-refractivity contribution in [2.75, 3.05) is 5.43 Å². The summed E-state index contributed by atoms with van der Waals surface area (Å²) in [5.74, 6) is 0. The lowest BCUT2D eigenvalue weighted by atomic mass is 10.1. The lowest BCUT2D eigenvalue weighted by molar-refractivity contribution is -0.384. The molecular weight excluding hydrogens is 349 g/mol. The van der Waals surface area contributed by atoms with Crippen LogP contribution in [0.2, 0.25) is 15.1 Å². The van der Waals surface area contributed by atoms with Crippen LogP contribution in [0.15, 0.2) is 41.5 Å².